The Bertz CT molecular complexity index is 525. The molecule has 0 spiro atoms. The lowest BCUT2D eigenvalue weighted by Crippen LogP contribution is -2.42. The van der Waals surface area contributed by atoms with E-state index in [-0.39, 0.29) is 18.0 Å². The zero-order valence-electron chi connectivity index (χ0n) is 11.7. The Kier molecular flexibility index (Phi) is 4.90. The highest BCUT2D eigenvalue weighted by atomic mass is 16.3. The maximum Gasteiger partial charge on any atom is 0.237 e. The zero-order chi connectivity index (χ0) is 14.4. The van der Waals surface area contributed by atoms with Crippen LogP contribution in [-0.2, 0) is 11.3 Å². The Morgan fingerprint density at radius 2 is 2.15 bits per heavy atom. The molecule has 0 saturated carbocycles. The van der Waals surface area contributed by atoms with Gasteiger partial charge in [0, 0.05) is 12.2 Å². The molecule has 5 heteroatoms. The highest BCUT2D eigenvalue weighted by Gasteiger charge is 2.16. The largest absolute Gasteiger partial charge is 0.467 e. The lowest BCUT2D eigenvalue weighted by molar-refractivity contribution is -0.123. The molecule has 2 heterocycles. The third-order valence-electron chi connectivity index (χ3n) is 3.04. The summed E-state index contributed by atoms with van der Waals surface area (Å²) in [5, 5.41) is 6.05. The fourth-order valence-electron chi connectivity index (χ4n) is 1.91. The molecule has 0 fully saturated rings. The molecule has 0 bridgehead atoms. The van der Waals surface area contributed by atoms with Gasteiger partial charge in [-0.15, -0.1) is 0 Å². The summed E-state index contributed by atoms with van der Waals surface area (Å²) in [5.74, 6) is 0.674. The van der Waals surface area contributed by atoms with Crippen LogP contribution in [0.3, 0.4) is 0 Å². The Hall–Kier alpha value is -2.14. The number of carbonyl (C=O) groups is 1. The Morgan fingerprint density at radius 1 is 1.30 bits per heavy atom. The third-order valence-corrected chi connectivity index (χ3v) is 3.04. The minimum absolute atomic E-state index is 0.0144. The van der Waals surface area contributed by atoms with Crippen LogP contribution < -0.4 is 10.6 Å². The van der Waals surface area contributed by atoms with Gasteiger partial charge in [0.2, 0.25) is 5.91 Å². The first-order valence-corrected chi connectivity index (χ1v) is 6.64. The van der Waals surface area contributed by atoms with E-state index in [0.717, 1.165) is 11.5 Å². The maximum absolute atomic E-state index is 12.0. The number of nitrogens with zero attached hydrogens (tertiary/aromatic N) is 1. The third kappa shape index (κ3) is 3.93. The van der Waals surface area contributed by atoms with Crippen LogP contribution >= 0.6 is 0 Å². The summed E-state index contributed by atoms with van der Waals surface area (Å²) in [6.45, 7) is 4.21. The van der Waals surface area contributed by atoms with Crippen molar-refractivity contribution in [3.8, 4) is 0 Å². The smallest absolute Gasteiger partial charge is 0.237 e. The molecule has 2 aromatic heterocycles. The van der Waals surface area contributed by atoms with Crippen LogP contribution in [0.15, 0.2) is 47.2 Å². The van der Waals surface area contributed by atoms with Crippen molar-refractivity contribution in [3.63, 3.8) is 0 Å². The molecular formula is C15H19N3O2. The molecule has 20 heavy (non-hydrogen) atoms. The molecule has 1 amide bonds. The van der Waals surface area contributed by atoms with Crippen LogP contribution in [0, 0.1) is 0 Å². The molecule has 0 aromatic carbocycles. The number of aromatic nitrogens is 1. The normalized spacial score (nSPS) is 13.7. The van der Waals surface area contributed by atoms with E-state index < -0.39 is 0 Å². The Balaban J connectivity index is 1.81. The molecule has 106 valence electrons. The minimum Gasteiger partial charge on any atom is -0.467 e. The molecule has 2 atom stereocenters. The first-order valence-electron chi connectivity index (χ1n) is 6.64. The summed E-state index contributed by atoms with van der Waals surface area (Å²) in [7, 11) is 0. The lowest BCUT2D eigenvalue weighted by atomic mass is 10.2. The molecule has 0 saturated heterocycles. The van der Waals surface area contributed by atoms with Crippen molar-refractivity contribution in [3.05, 3.63) is 54.2 Å². The summed E-state index contributed by atoms with van der Waals surface area (Å²) in [6, 6.07) is 9.08. The summed E-state index contributed by atoms with van der Waals surface area (Å²) in [4.78, 5) is 16.2. The van der Waals surface area contributed by atoms with Crippen molar-refractivity contribution in [2.75, 3.05) is 0 Å². The number of furan rings is 1. The Labute approximate surface area is 118 Å². The van der Waals surface area contributed by atoms with Crippen LogP contribution in [-0.4, -0.2) is 16.9 Å². The summed E-state index contributed by atoms with van der Waals surface area (Å²) >= 11 is 0. The van der Waals surface area contributed by atoms with Crippen molar-refractivity contribution in [2.45, 2.75) is 32.5 Å². The number of rotatable bonds is 6. The van der Waals surface area contributed by atoms with E-state index in [9.17, 15) is 4.79 Å². The van der Waals surface area contributed by atoms with Crippen molar-refractivity contribution < 1.29 is 9.21 Å². The van der Waals surface area contributed by atoms with E-state index in [1.165, 1.54) is 0 Å². The van der Waals surface area contributed by atoms with E-state index in [2.05, 4.69) is 15.6 Å². The number of hydrogen-bond acceptors (Lipinski definition) is 4. The number of carbonyl (C=O) groups excluding carboxylic acids is 1. The van der Waals surface area contributed by atoms with Gasteiger partial charge in [-0.25, -0.2) is 0 Å². The van der Waals surface area contributed by atoms with Gasteiger partial charge >= 0.3 is 0 Å². The van der Waals surface area contributed by atoms with E-state index >= 15 is 0 Å². The monoisotopic (exact) mass is 273 g/mol. The summed E-state index contributed by atoms with van der Waals surface area (Å²) in [5.41, 5.74) is 0.915. The van der Waals surface area contributed by atoms with Crippen LogP contribution in [0.25, 0.3) is 0 Å². The highest BCUT2D eigenvalue weighted by Crippen LogP contribution is 2.09. The highest BCUT2D eigenvalue weighted by molar-refractivity contribution is 5.81. The molecule has 2 N–H and O–H groups in total. The average molecular weight is 273 g/mol. The predicted octanol–water partition coefficient (Wildman–Crippen LogP) is 2.03. The van der Waals surface area contributed by atoms with E-state index in [1.807, 2.05) is 38.1 Å². The van der Waals surface area contributed by atoms with E-state index in [0.29, 0.717) is 6.54 Å². The molecule has 2 aromatic rings. The molecule has 0 aliphatic heterocycles. The van der Waals surface area contributed by atoms with Crippen molar-refractivity contribution in [1.82, 2.24) is 15.6 Å². The molecule has 2 rings (SSSR count). The quantitative estimate of drug-likeness (QED) is 0.845. The SMILES string of the molecule is CC(N[C@@H](C)c1ccccn1)C(=O)NCc1ccco1. The second kappa shape index (κ2) is 6.86. The number of amides is 1. The summed E-state index contributed by atoms with van der Waals surface area (Å²) < 4.78 is 5.17. The van der Waals surface area contributed by atoms with Gasteiger partial charge < -0.3 is 9.73 Å². The van der Waals surface area contributed by atoms with Gasteiger partial charge in [0.1, 0.15) is 5.76 Å². The topological polar surface area (TPSA) is 67.2 Å². The second-order valence-corrected chi connectivity index (χ2v) is 4.66. The van der Waals surface area contributed by atoms with Gasteiger partial charge in [-0.1, -0.05) is 6.07 Å². The van der Waals surface area contributed by atoms with E-state index in [4.69, 9.17) is 4.42 Å². The number of hydrogen-bond donors (Lipinski definition) is 2. The van der Waals surface area contributed by atoms with Crippen molar-refractivity contribution in [2.24, 2.45) is 0 Å². The fourth-order valence-corrected chi connectivity index (χ4v) is 1.91. The minimum atomic E-state index is -0.304. The van der Waals surface area contributed by atoms with Gasteiger partial charge in [0.25, 0.3) is 0 Å². The molecule has 0 radical (unpaired) electrons. The van der Waals surface area contributed by atoms with E-state index in [1.54, 1.807) is 18.5 Å². The molecule has 5 nitrogen and oxygen atoms in total. The van der Waals surface area contributed by atoms with Crippen LogP contribution in [0.2, 0.25) is 0 Å². The molecule has 1 unspecified atom stereocenters. The van der Waals surface area contributed by atoms with Crippen molar-refractivity contribution >= 4 is 5.91 Å². The second-order valence-electron chi connectivity index (χ2n) is 4.66. The lowest BCUT2D eigenvalue weighted by Gasteiger charge is -2.19. The van der Waals surface area contributed by atoms with Crippen molar-refractivity contribution in [1.29, 1.82) is 0 Å². The van der Waals surface area contributed by atoms with Crippen LogP contribution in [0.4, 0.5) is 0 Å². The summed E-state index contributed by atoms with van der Waals surface area (Å²) in [6.07, 6.45) is 3.33. The zero-order valence-corrected chi connectivity index (χ0v) is 11.7. The molecule has 0 aliphatic rings. The first kappa shape index (κ1) is 14.3. The van der Waals surface area contributed by atoms with Gasteiger partial charge in [0.15, 0.2) is 0 Å². The predicted molar refractivity (Wildman–Crippen MR) is 75.8 cm³/mol. The fraction of sp³-hybridized carbons (Fsp3) is 0.333. The first-order chi connectivity index (χ1) is 9.66. The van der Waals surface area contributed by atoms with Gasteiger partial charge in [-0.05, 0) is 38.1 Å². The van der Waals surface area contributed by atoms with Gasteiger partial charge in [-0.3, -0.25) is 15.1 Å². The molecule has 0 aliphatic carbocycles. The molecular weight excluding hydrogens is 254 g/mol. The Morgan fingerprint density at radius 3 is 2.80 bits per heavy atom. The number of nitrogens with one attached hydrogen (secondary N) is 2. The van der Waals surface area contributed by atoms with Gasteiger partial charge in [0.05, 0.1) is 24.5 Å². The van der Waals surface area contributed by atoms with Crippen LogP contribution in [0.5, 0.6) is 0 Å². The maximum atomic E-state index is 12.0. The average Bonchev–Trinajstić information content (AvgIpc) is 2.98. The van der Waals surface area contributed by atoms with Gasteiger partial charge in [-0.2, -0.15) is 0 Å². The number of pyridine rings is 1. The standard InChI is InChI=1S/C15H19N3O2/c1-11(14-7-3-4-8-16-14)18-12(2)15(19)17-10-13-6-5-9-20-13/h3-9,11-12,18H,10H2,1-2H3,(H,17,19)/t11-,12?/m0/s1. The van der Waals surface area contributed by atoms with Crippen LogP contribution in [0.1, 0.15) is 31.3 Å².